The quantitative estimate of drug-likeness (QED) is 0.141. The average Bonchev–Trinajstić information content (AvgIpc) is 3.31. The van der Waals surface area contributed by atoms with Crippen molar-refractivity contribution >= 4 is 22.9 Å². The van der Waals surface area contributed by atoms with E-state index < -0.39 is 0 Å². The minimum absolute atomic E-state index is 0. The van der Waals surface area contributed by atoms with Gasteiger partial charge in [0.05, 0.1) is 17.9 Å². The van der Waals surface area contributed by atoms with Gasteiger partial charge in [0.1, 0.15) is 5.75 Å². The normalized spacial score (nSPS) is 11.2. The zero-order valence-electron chi connectivity index (χ0n) is 25.9. The summed E-state index contributed by atoms with van der Waals surface area (Å²) in [6, 6.07) is 14.4. The van der Waals surface area contributed by atoms with E-state index in [9.17, 15) is 4.79 Å². The summed E-state index contributed by atoms with van der Waals surface area (Å²) < 4.78 is 8.49. The first kappa shape index (κ1) is 35.0. The fourth-order valence-electron chi connectivity index (χ4n) is 5.06. The Morgan fingerprint density at radius 3 is 2.22 bits per heavy atom. The molecule has 0 aliphatic heterocycles. The van der Waals surface area contributed by atoms with Crippen LogP contribution in [0.5, 0.6) is 5.75 Å². The van der Waals surface area contributed by atoms with E-state index >= 15 is 0 Å². The lowest BCUT2D eigenvalue weighted by molar-refractivity contribution is -0.683. The summed E-state index contributed by atoms with van der Waals surface area (Å²) in [6.45, 7) is 12.5. The number of benzene rings is 2. The number of aryl methyl sites for hydroxylation is 1. The summed E-state index contributed by atoms with van der Waals surface area (Å²) in [6.07, 6.45) is 15.6. The third kappa shape index (κ3) is 13.1. The number of nitrogens with one attached hydrogen (secondary N) is 1. The summed E-state index contributed by atoms with van der Waals surface area (Å²) in [5, 5.41) is 3.09. The molecule has 0 unspecified atom stereocenters. The van der Waals surface area contributed by atoms with Crippen molar-refractivity contribution in [2.24, 2.45) is 0 Å². The molecule has 0 aliphatic rings. The van der Waals surface area contributed by atoms with Gasteiger partial charge in [0, 0.05) is 11.3 Å². The number of amides is 1. The molecule has 0 radical (unpaired) electrons. The summed E-state index contributed by atoms with van der Waals surface area (Å²) in [5.41, 5.74) is 6.27. The molecule has 2 aromatic carbocycles. The number of carbonyl (C=O) groups excluding carboxylic acids is 1. The summed E-state index contributed by atoms with van der Waals surface area (Å²) >= 11 is 1.74. The number of rotatable bonds is 17. The van der Waals surface area contributed by atoms with E-state index in [1.165, 1.54) is 68.2 Å². The van der Waals surface area contributed by atoms with Crippen LogP contribution in [0.3, 0.4) is 0 Å². The fraction of sp³-hybridized carbons (Fsp3) is 0.543. The zero-order valence-corrected chi connectivity index (χ0v) is 28.3. The van der Waals surface area contributed by atoms with Crippen LogP contribution in [0, 0.1) is 6.92 Å². The molecule has 0 spiro atoms. The topological polar surface area (TPSA) is 42.2 Å². The summed E-state index contributed by atoms with van der Waals surface area (Å²) in [7, 11) is 0. The van der Waals surface area contributed by atoms with Gasteiger partial charge in [0.2, 0.25) is 11.4 Å². The van der Waals surface area contributed by atoms with Gasteiger partial charge in [-0.25, -0.2) is 0 Å². The maximum absolute atomic E-state index is 13.0. The lowest BCUT2D eigenvalue weighted by atomic mass is 9.85. The maximum Gasteiger partial charge on any atom is 0.228 e. The molecule has 4 nitrogen and oxygen atoms in total. The van der Waals surface area contributed by atoms with Gasteiger partial charge in [-0.15, -0.1) is 0 Å². The summed E-state index contributed by atoms with van der Waals surface area (Å²) in [5.74, 6) is 0.902. The number of anilines is 1. The highest BCUT2D eigenvalue weighted by atomic mass is 79.9. The largest absolute Gasteiger partial charge is 1.00 e. The van der Waals surface area contributed by atoms with Gasteiger partial charge in [-0.1, -0.05) is 121 Å². The minimum atomic E-state index is -0.0205. The van der Waals surface area contributed by atoms with Crippen LogP contribution >= 0.6 is 11.3 Å². The van der Waals surface area contributed by atoms with Crippen LogP contribution in [0.4, 0.5) is 5.69 Å². The van der Waals surface area contributed by atoms with Crippen molar-refractivity contribution in [2.45, 2.75) is 117 Å². The first-order valence-corrected chi connectivity index (χ1v) is 16.2. The lowest BCUT2D eigenvalue weighted by Gasteiger charge is -2.23. The Labute approximate surface area is 263 Å². The van der Waals surface area contributed by atoms with Crippen LogP contribution in [0.2, 0.25) is 0 Å². The van der Waals surface area contributed by atoms with Gasteiger partial charge in [0.15, 0.2) is 12.7 Å². The van der Waals surface area contributed by atoms with Crippen molar-refractivity contribution in [3.63, 3.8) is 0 Å². The molecule has 0 aliphatic carbocycles. The van der Waals surface area contributed by atoms with E-state index in [1.807, 2.05) is 12.1 Å². The second-order valence-electron chi connectivity index (χ2n) is 12.2. The third-order valence-electron chi connectivity index (χ3n) is 7.27. The van der Waals surface area contributed by atoms with Crippen LogP contribution < -0.4 is 31.6 Å². The first-order chi connectivity index (χ1) is 19.2. The van der Waals surface area contributed by atoms with Crippen LogP contribution in [0.25, 0.3) is 0 Å². The average molecular weight is 644 g/mol. The second-order valence-corrected chi connectivity index (χ2v) is 13.3. The van der Waals surface area contributed by atoms with Gasteiger partial charge in [-0.3, -0.25) is 4.79 Å². The summed E-state index contributed by atoms with van der Waals surface area (Å²) in [4.78, 5) is 14.2. The predicted octanol–water partition coefficient (Wildman–Crippen LogP) is 6.17. The molecular weight excluding hydrogens is 592 g/mol. The standard InChI is InChI=1S/C35H50N2O2S.BrH/c1-6-7-8-9-10-11-12-13-14-15-21-39-33-23-29(19-20-32(33)35(3,4)5)24-34(38)36-31-18-16-17-30(22-31)26-37-25-28(2)40-27-37;/h16-20,22-23,25,27H,6-15,21,24,26H2,1-5H3;1H. The van der Waals surface area contributed by atoms with Gasteiger partial charge >= 0.3 is 0 Å². The Kier molecular flexibility index (Phi) is 15.7. The second kappa shape index (κ2) is 18.4. The van der Waals surface area contributed by atoms with Crippen LogP contribution in [-0.4, -0.2) is 12.5 Å². The van der Waals surface area contributed by atoms with Crippen molar-refractivity contribution < 1.29 is 31.1 Å². The van der Waals surface area contributed by atoms with Crippen molar-refractivity contribution in [1.29, 1.82) is 0 Å². The molecule has 1 amide bonds. The van der Waals surface area contributed by atoms with Gasteiger partial charge in [0.25, 0.3) is 0 Å². The van der Waals surface area contributed by atoms with E-state index in [-0.39, 0.29) is 28.3 Å². The van der Waals surface area contributed by atoms with Gasteiger partial charge in [-0.05, 0) is 48.1 Å². The molecule has 0 fully saturated rings. The van der Waals surface area contributed by atoms with E-state index in [0.717, 1.165) is 42.1 Å². The molecule has 0 atom stereocenters. The third-order valence-corrected chi connectivity index (χ3v) is 8.13. The SMILES string of the molecule is CCCCCCCCCCCCOc1cc(CC(=O)Nc2cccc(C[n+]3csc(C)c3)c2)ccc1C(C)(C)C.[Br-]. The molecule has 41 heavy (non-hydrogen) atoms. The number of ether oxygens (including phenoxy) is 1. The highest BCUT2D eigenvalue weighted by Gasteiger charge is 2.20. The number of nitrogens with zero attached hydrogens (tertiary/aromatic N) is 1. The number of halogens is 1. The number of hydrogen-bond donors (Lipinski definition) is 1. The van der Waals surface area contributed by atoms with Crippen LogP contribution in [0.1, 0.15) is 113 Å². The number of thiazole rings is 1. The Hall–Kier alpha value is -2.18. The van der Waals surface area contributed by atoms with Crippen molar-refractivity contribution in [3.8, 4) is 5.75 Å². The van der Waals surface area contributed by atoms with Gasteiger partial charge < -0.3 is 27.0 Å². The number of unbranched alkanes of at least 4 members (excludes halogenated alkanes) is 9. The van der Waals surface area contributed by atoms with Crippen LogP contribution in [-0.2, 0) is 23.2 Å². The molecule has 0 saturated heterocycles. The maximum atomic E-state index is 13.0. The molecule has 6 heteroatoms. The highest BCUT2D eigenvalue weighted by molar-refractivity contribution is 7.09. The molecule has 0 saturated carbocycles. The lowest BCUT2D eigenvalue weighted by Crippen LogP contribution is -3.00. The molecule has 1 aromatic heterocycles. The molecule has 3 aromatic rings. The van der Waals surface area contributed by atoms with Crippen molar-refractivity contribution in [3.05, 3.63) is 75.7 Å². The fourth-order valence-corrected chi connectivity index (χ4v) is 5.70. The zero-order chi connectivity index (χ0) is 28.8. The Bertz CT molecular complexity index is 1180. The highest BCUT2D eigenvalue weighted by Crippen LogP contribution is 2.32. The minimum Gasteiger partial charge on any atom is -1.00 e. The first-order valence-electron chi connectivity index (χ1n) is 15.3. The van der Waals surface area contributed by atoms with Crippen LogP contribution in [0.15, 0.2) is 54.2 Å². The smallest absolute Gasteiger partial charge is 0.228 e. The molecule has 226 valence electrons. The van der Waals surface area contributed by atoms with E-state index in [2.05, 4.69) is 86.5 Å². The van der Waals surface area contributed by atoms with E-state index in [0.29, 0.717) is 6.42 Å². The van der Waals surface area contributed by atoms with E-state index in [1.54, 1.807) is 11.3 Å². The molecule has 1 heterocycles. The molecule has 1 N–H and O–H groups in total. The van der Waals surface area contributed by atoms with Gasteiger partial charge in [-0.2, -0.15) is 4.57 Å². The molecule has 0 bridgehead atoms. The van der Waals surface area contributed by atoms with E-state index in [4.69, 9.17) is 4.74 Å². The van der Waals surface area contributed by atoms with Crippen molar-refractivity contribution in [1.82, 2.24) is 0 Å². The Balaban J connectivity index is 0.00000588. The predicted molar refractivity (Wildman–Crippen MR) is 170 cm³/mol. The number of carbonyl (C=O) groups is 1. The Morgan fingerprint density at radius 2 is 1.59 bits per heavy atom. The number of aromatic nitrogens is 1. The molecule has 3 rings (SSSR count). The monoisotopic (exact) mass is 642 g/mol. The Morgan fingerprint density at radius 1 is 0.902 bits per heavy atom. The number of hydrogen-bond acceptors (Lipinski definition) is 3. The molecular formula is C35H51BrN2O2S. The van der Waals surface area contributed by atoms with Crippen molar-refractivity contribution in [2.75, 3.05) is 11.9 Å².